The van der Waals surface area contributed by atoms with Gasteiger partial charge in [0.25, 0.3) is 5.91 Å². The molecule has 3 heterocycles. The van der Waals surface area contributed by atoms with Crippen LogP contribution in [0.25, 0.3) is 10.9 Å². The van der Waals surface area contributed by atoms with Crippen LogP contribution in [-0.4, -0.2) is 45.0 Å². The maximum atomic E-state index is 12.8. The van der Waals surface area contributed by atoms with E-state index >= 15 is 0 Å². The van der Waals surface area contributed by atoms with Crippen LogP contribution in [0.3, 0.4) is 0 Å². The van der Waals surface area contributed by atoms with Gasteiger partial charge in [-0.1, -0.05) is 11.6 Å². The molecule has 1 unspecified atom stereocenters. The Morgan fingerprint density at radius 2 is 2.12 bits per heavy atom. The molecule has 1 amide bonds. The molecule has 6 nitrogen and oxygen atoms in total. The fraction of sp³-hybridized carbons (Fsp3) is 0.278. The van der Waals surface area contributed by atoms with Crippen LogP contribution < -0.4 is 4.74 Å². The number of nitrogens with one attached hydrogen (secondary N) is 1. The molecule has 2 aromatic heterocycles. The third-order valence-corrected chi connectivity index (χ3v) is 4.53. The zero-order chi connectivity index (χ0) is 17.2. The molecule has 0 aliphatic carbocycles. The van der Waals surface area contributed by atoms with E-state index in [0.29, 0.717) is 17.1 Å². The lowest BCUT2D eigenvalue weighted by Crippen LogP contribution is -2.44. The molecular formula is C18H17ClN4O2. The summed E-state index contributed by atoms with van der Waals surface area (Å²) in [6.07, 6.45) is 6.51. The zero-order valence-corrected chi connectivity index (χ0v) is 14.2. The highest BCUT2D eigenvalue weighted by molar-refractivity contribution is 6.30. The van der Waals surface area contributed by atoms with Crippen molar-refractivity contribution in [2.45, 2.75) is 18.9 Å². The Morgan fingerprint density at radius 3 is 2.96 bits per heavy atom. The normalized spacial score (nSPS) is 17.6. The number of H-pyrrole nitrogens is 1. The second kappa shape index (κ2) is 6.72. The zero-order valence-electron chi connectivity index (χ0n) is 13.5. The number of hydrogen-bond acceptors (Lipinski definition) is 4. The minimum atomic E-state index is -0.116. The number of benzene rings is 1. The second-order valence-electron chi connectivity index (χ2n) is 6.10. The Bertz CT molecular complexity index is 893. The van der Waals surface area contributed by atoms with Gasteiger partial charge in [0.1, 0.15) is 6.10 Å². The van der Waals surface area contributed by atoms with Crippen molar-refractivity contribution >= 4 is 28.4 Å². The van der Waals surface area contributed by atoms with Crippen LogP contribution in [0.2, 0.25) is 5.02 Å². The number of nitrogens with zero attached hydrogens (tertiary/aromatic N) is 3. The van der Waals surface area contributed by atoms with Crippen molar-refractivity contribution in [3.8, 4) is 6.01 Å². The largest absolute Gasteiger partial charge is 0.458 e. The molecule has 0 saturated carbocycles. The maximum Gasteiger partial charge on any atom is 0.316 e. The summed E-state index contributed by atoms with van der Waals surface area (Å²) in [5.74, 6) is 0.0217. The maximum absolute atomic E-state index is 12.8. The first-order valence-electron chi connectivity index (χ1n) is 8.20. The quantitative estimate of drug-likeness (QED) is 0.781. The third-order valence-electron chi connectivity index (χ3n) is 4.33. The van der Waals surface area contributed by atoms with E-state index in [-0.39, 0.29) is 18.0 Å². The first kappa shape index (κ1) is 15.9. The molecule has 128 valence electrons. The van der Waals surface area contributed by atoms with E-state index in [1.807, 2.05) is 35.4 Å². The van der Waals surface area contributed by atoms with Gasteiger partial charge in [-0.3, -0.25) is 4.79 Å². The Kier molecular flexibility index (Phi) is 4.28. The average Bonchev–Trinajstić information content (AvgIpc) is 3.11. The number of piperidine rings is 1. The summed E-state index contributed by atoms with van der Waals surface area (Å²) in [6.45, 7) is 1.25. The number of amides is 1. The molecule has 1 aliphatic heterocycles. The minimum absolute atomic E-state index is 0.0217. The highest BCUT2D eigenvalue weighted by Gasteiger charge is 2.26. The van der Waals surface area contributed by atoms with Crippen LogP contribution in [0.15, 0.2) is 42.9 Å². The molecule has 1 N–H and O–H groups in total. The summed E-state index contributed by atoms with van der Waals surface area (Å²) in [5.41, 5.74) is 1.71. The molecule has 4 rings (SSSR count). The summed E-state index contributed by atoms with van der Waals surface area (Å²) < 4.78 is 5.80. The molecule has 0 bridgehead atoms. The summed E-state index contributed by atoms with van der Waals surface area (Å²) >= 11 is 5.78. The van der Waals surface area contributed by atoms with E-state index in [2.05, 4.69) is 15.0 Å². The van der Waals surface area contributed by atoms with Crippen molar-refractivity contribution in [2.75, 3.05) is 13.1 Å². The molecular weight excluding hydrogens is 340 g/mol. The Balaban J connectivity index is 1.46. The number of ether oxygens (including phenoxy) is 1. The number of fused-ring (bicyclic) bond motifs is 1. The SMILES string of the molecule is O=C(c1ccc2[nH]ccc2c1)N1CCCC(Oc2ncc(Cl)cn2)C1. The fourth-order valence-electron chi connectivity index (χ4n) is 3.10. The molecule has 1 atom stereocenters. The Labute approximate surface area is 149 Å². The van der Waals surface area contributed by atoms with Crippen LogP contribution in [0.5, 0.6) is 6.01 Å². The molecule has 0 radical (unpaired) electrons. The molecule has 1 fully saturated rings. The fourth-order valence-corrected chi connectivity index (χ4v) is 3.20. The van der Waals surface area contributed by atoms with Crippen molar-refractivity contribution in [3.05, 3.63) is 53.4 Å². The van der Waals surface area contributed by atoms with Crippen LogP contribution in [-0.2, 0) is 0 Å². The van der Waals surface area contributed by atoms with Gasteiger partial charge in [-0.05, 0) is 37.1 Å². The van der Waals surface area contributed by atoms with Gasteiger partial charge >= 0.3 is 6.01 Å². The van der Waals surface area contributed by atoms with Gasteiger partial charge in [0.2, 0.25) is 0 Å². The Hall–Kier alpha value is -2.60. The molecule has 1 saturated heterocycles. The summed E-state index contributed by atoms with van der Waals surface area (Å²) in [5, 5.41) is 1.50. The monoisotopic (exact) mass is 356 g/mol. The number of aromatic nitrogens is 3. The molecule has 25 heavy (non-hydrogen) atoms. The van der Waals surface area contributed by atoms with E-state index in [0.717, 1.165) is 30.3 Å². The summed E-state index contributed by atoms with van der Waals surface area (Å²) in [4.78, 5) is 25.9. The summed E-state index contributed by atoms with van der Waals surface area (Å²) in [6, 6.07) is 7.96. The van der Waals surface area contributed by atoms with Gasteiger partial charge in [-0.25, -0.2) is 9.97 Å². The van der Waals surface area contributed by atoms with E-state index in [1.54, 1.807) is 0 Å². The molecule has 1 aromatic carbocycles. The van der Waals surface area contributed by atoms with E-state index in [4.69, 9.17) is 16.3 Å². The van der Waals surface area contributed by atoms with Crippen LogP contribution in [0.1, 0.15) is 23.2 Å². The van der Waals surface area contributed by atoms with Gasteiger partial charge in [-0.15, -0.1) is 0 Å². The molecule has 7 heteroatoms. The number of rotatable bonds is 3. The number of hydrogen-bond donors (Lipinski definition) is 1. The first-order chi connectivity index (χ1) is 12.2. The number of likely N-dealkylation sites (tertiary alicyclic amines) is 1. The number of carbonyl (C=O) groups is 1. The van der Waals surface area contributed by atoms with Crippen molar-refractivity contribution < 1.29 is 9.53 Å². The van der Waals surface area contributed by atoms with Gasteiger partial charge < -0.3 is 14.6 Å². The van der Waals surface area contributed by atoms with Gasteiger partial charge in [0.15, 0.2) is 0 Å². The lowest BCUT2D eigenvalue weighted by atomic mass is 10.1. The highest BCUT2D eigenvalue weighted by Crippen LogP contribution is 2.20. The number of halogens is 1. The standard InChI is InChI=1S/C18H17ClN4O2/c19-14-9-21-18(22-10-14)25-15-2-1-7-23(11-15)17(24)13-3-4-16-12(8-13)5-6-20-16/h3-6,8-10,15,20H,1-2,7,11H2. The van der Waals surface area contributed by atoms with E-state index in [9.17, 15) is 4.79 Å². The van der Waals surface area contributed by atoms with Gasteiger partial charge in [-0.2, -0.15) is 0 Å². The minimum Gasteiger partial charge on any atom is -0.458 e. The molecule has 1 aliphatic rings. The van der Waals surface area contributed by atoms with Crippen molar-refractivity contribution in [3.63, 3.8) is 0 Å². The number of carbonyl (C=O) groups excluding carboxylic acids is 1. The highest BCUT2D eigenvalue weighted by atomic mass is 35.5. The number of aromatic amines is 1. The second-order valence-corrected chi connectivity index (χ2v) is 6.53. The molecule has 0 spiro atoms. The lowest BCUT2D eigenvalue weighted by Gasteiger charge is -2.32. The smallest absolute Gasteiger partial charge is 0.316 e. The van der Waals surface area contributed by atoms with Gasteiger partial charge in [0, 0.05) is 29.2 Å². The topological polar surface area (TPSA) is 71.1 Å². The van der Waals surface area contributed by atoms with E-state index < -0.39 is 0 Å². The average molecular weight is 357 g/mol. The summed E-state index contributed by atoms with van der Waals surface area (Å²) in [7, 11) is 0. The van der Waals surface area contributed by atoms with E-state index in [1.165, 1.54) is 12.4 Å². The lowest BCUT2D eigenvalue weighted by molar-refractivity contribution is 0.0516. The van der Waals surface area contributed by atoms with Gasteiger partial charge in [0.05, 0.1) is 24.0 Å². The molecule has 3 aromatic rings. The first-order valence-corrected chi connectivity index (χ1v) is 8.57. The van der Waals surface area contributed by atoms with Crippen LogP contribution >= 0.6 is 11.6 Å². The Morgan fingerprint density at radius 1 is 1.28 bits per heavy atom. The van der Waals surface area contributed by atoms with Crippen LogP contribution in [0.4, 0.5) is 0 Å². The predicted molar refractivity (Wildman–Crippen MR) is 94.9 cm³/mol. The third kappa shape index (κ3) is 3.44. The van der Waals surface area contributed by atoms with Crippen molar-refractivity contribution in [2.24, 2.45) is 0 Å². The van der Waals surface area contributed by atoms with Crippen molar-refractivity contribution in [1.29, 1.82) is 0 Å². The van der Waals surface area contributed by atoms with Crippen molar-refractivity contribution in [1.82, 2.24) is 19.9 Å². The predicted octanol–water partition coefficient (Wildman–Crippen LogP) is 3.29. The van der Waals surface area contributed by atoms with Crippen LogP contribution in [0, 0.1) is 0 Å².